The molecule has 106 valence electrons. The predicted molar refractivity (Wildman–Crippen MR) is 77.0 cm³/mol. The fraction of sp³-hybridized carbons (Fsp3) is 0.625. The number of benzene rings is 1. The second-order valence-electron chi connectivity index (χ2n) is 5.40. The Morgan fingerprint density at radius 2 is 1.89 bits per heavy atom. The van der Waals surface area contributed by atoms with Gasteiger partial charge < -0.3 is 15.2 Å². The van der Waals surface area contributed by atoms with Crippen molar-refractivity contribution in [2.24, 2.45) is 0 Å². The van der Waals surface area contributed by atoms with Crippen molar-refractivity contribution in [1.82, 2.24) is 5.32 Å². The van der Waals surface area contributed by atoms with Crippen molar-refractivity contribution < 1.29 is 9.84 Å². The number of hydrogen-bond donors (Lipinski definition) is 2. The van der Waals surface area contributed by atoms with Crippen LogP contribution in [0, 0.1) is 0 Å². The highest BCUT2D eigenvalue weighted by Gasteiger charge is 2.14. The first-order chi connectivity index (χ1) is 9.34. The smallest absolute Gasteiger partial charge is 0.0897 e. The van der Waals surface area contributed by atoms with Crippen LogP contribution in [0.15, 0.2) is 30.3 Å². The lowest BCUT2D eigenvalue weighted by Gasteiger charge is -2.24. The molecule has 2 rings (SSSR count). The number of ether oxygens (including phenoxy) is 1. The maximum Gasteiger partial charge on any atom is 0.0897 e. The SMILES string of the molecule is OC(CNC1CCCCC1)COCc1ccccc1. The molecule has 1 atom stereocenters. The highest BCUT2D eigenvalue weighted by Crippen LogP contribution is 2.17. The van der Waals surface area contributed by atoms with Gasteiger partial charge in [-0.25, -0.2) is 0 Å². The van der Waals surface area contributed by atoms with Crippen LogP contribution in [0.2, 0.25) is 0 Å². The van der Waals surface area contributed by atoms with Gasteiger partial charge in [0.15, 0.2) is 0 Å². The minimum atomic E-state index is -0.411. The van der Waals surface area contributed by atoms with Crippen LogP contribution in [-0.4, -0.2) is 30.4 Å². The monoisotopic (exact) mass is 263 g/mol. The van der Waals surface area contributed by atoms with Crippen molar-refractivity contribution in [2.45, 2.75) is 50.9 Å². The standard InChI is InChI=1S/C16H25NO2/c18-16(11-17-15-9-5-2-6-10-15)13-19-12-14-7-3-1-4-8-14/h1,3-4,7-8,15-18H,2,5-6,9-13H2. The van der Waals surface area contributed by atoms with Crippen LogP contribution in [0.5, 0.6) is 0 Å². The maximum atomic E-state index is 9.87. The second kappa shape index (κ2) is 8.31. The van der Waals surface area contributed by atoms with Gasteiger partial charge in [0.1, 0.15) is 0 Å². The largest absolute Gasteiger partial charge is 0.389 e. The van der Waals surface area contributed by atoms with Crippen LogP contribution >= 0.6 is 0 Å². The van der Waals surface area contributed by atoms with E-state index in [0.29, 0.717) is 25.8 Å². The highest BCUT2D eigenvalue weighted by molar-refractivity contribution is 5.13. The third-order valence-electron chi connectivity index (χ3n) is 3.67. The molecule has 0 saturated heterocycles. The van der Waals surface area contributed by atoms with Crippen molar-refractivity contribution in [3.63, 3.8) is 0 Å². The molecule has 3 heteroatoms. The summed E-state index contributed by atoms with van der Waals surface area (Å²) in [6, 6.07) is 10.7. The minimum absolute atomic E-state index is 0.397. The Balaban J connectivity index is 1.55. The lowest BCUT2D eigenvalue weighted by molar-refractivity contribution is 0.0270. The Bertz CT molecular complexity index is 336. The van der Waals surface area contributed by atoms with Crippen molar-refractivity contribution in [1.29, 1.82) is 0 Å². The molecule has 0 spiro atoms. The van der Waals surface area contributed by atoms with Gasteiger partial charge in [-0.2, -0.15) is 0 Å². The Labute approximate surface area is 116 Å². The van der Waals surface area contributed by atoms with Crippen LogP contribution < -0.4 is 5.32 Å². The molecule has 1 unspecified atom stereocenters. The van der Waals surface area contributed by atoms with Gasteiger partial charge in [0.25, 0.3) is 0 Å². The van der Waals surface area contributed by atoms with E-state index in [-0.39, 0.29) is 0 Å². The van der Waals surface area contributed by atoms with Crippen LogP contribution in [-0.2, 0) is 11.3 Å². The zero-order valence-electron chi connectivity index (χ0n) is 11.6. The molecule has 0 bridgehead atoms. The zero-order chi connectivity index (χ0) is 13.3. The van der Waals surface area contributed by atoms with Crippen molar-refractivity contribution in [2.75, 3.05) is 13.2 Å². The van der Waals surface area contributed by atoms with E-state index in [9.17, 15) is 5.11 Å². The molecular weight excluding hydrogens is 238 g/mol. The summed E-state index contributed by atoms with van der Waals surface area (Å²) in [5, 5.41) is 13.3. The number of nitrogens with one attached hydrogen (secondary N) is 1. The molecule has 3 nitrogen and oxygen atoms in total. The van der Waals surface area contributed by atoms with Crippen LogP contribution in [0.4, 0.5) is 0 Å². The summed E-state index contributed by atoms with van der Waals surface area (Å²) in [6.45, 7) is 1.61. The van der Waals surface area contributed by atoms with E-state index in [4.69, 9.17) is 4.74 Å². The number of aliphatic hydroxyl groups is 1. The summed E-state index contributed by atoms with van der Waals surface area (Å²) >= 11 is 0. The average molecular weight is 263 g/mol. The van der Waals surface area contributed by atoms with Gasteiger partial charge in [0.05, 0.1) is 19.3 Å². The molecule has 0 aliphatic heterocycles. The summed E-state index contributed by atoms with van der Waals surface area (Å²) in [7, 11) is 0. The fourth-order valence-electron chi connectivity index (χ4n) is 2.56. The third kappa shape index (κ3) is 5.72. The topological polar surface area (TPSA) is 41.5 Å². The summed E-state index contributed by atoms with van der Waals surface area (Å²) in [5.74, 6) is 0. The molecule has 2 N–H and O–H groups in total. The van der Waals surface area contributed by atoms with Gasteiger partial charge in [-0.15, -0.1) is 0 Å². The molecule has 0 radical (unpaired) electrons. The normalized spacial score (nSPS) is 18.4. The van der Waals surface area contributed by atoms with Crippen LogP contribution in [0.3, 0.4) is 0 Å². The predicted octanol–water partition coefficient (Wildman–Crippen LogP) is 2.49. The van der Waals surface area contributed by atoms with E-state index in [1.807, 2.05) is 30.3 Å². The number of aliphatic hydroxyl groups excluding tert-OH is 1. The van der Waals surface area contributed by atoms with Gasteiger partial charge in [0.2, 0.25) is 0 Å². The second-order valence-corrected chi connectivity index (χ2v) is 5.40. The molecule has 1 saturated carbocycles. The molecule has 1 aromatic carbocycles. The van der Waals surface area contributed by atoms with E-state index < -0.39 is 6.10 Å². The van der Waals surface area contributed by atoms with Gasteiger partial charge in [-0.1, -0.05) is 49.6 Å². The molecule has 0 aromatic heterocycles. The third-order valence-corrected chi connectivity index (χ3v) is 3.67. The molecule has 1 aromatic rings. The van der Waals surface area contributed by atoms with Crippen molar-refractivity contribution in [3.8, 4) is 0 Å². The Morgan fingerprint density at radius 3 is 2.63 bits per heavy atom. The average Bonchev–Trinajstić information content (AvgIpc) is 2.47. The van der Waals surface area contributed by atoms with E-state index >= 15 is 0 Å². The molecule has 0 heterocycles. The molecule has 19 heavy (non-hydrogen) atoms. The summed E-state index contributed by atoms with van der Waals surface area (Å²) in [4.78, 5) is 0. The summed E-state index contributed by atoms with van der Waals surface area (Å²) < 4.78 is 5.53. The first-order valence-electron chi connectivity index (χ1n) is 7.38. The molecule has 1 fully saturated rings. The quantitative estimate of drug-likeness (QED) is 0.794. The first kappa shape index (κ1) is 14.5. The Kier molecular flexibility index (Phi) is 6.34. The van der Waals surface area contributed by atoms with Crippen molar-refractivity contribution >= 4 is 0 Å². The Hall–Kier alpha value is -0.900. The lowest BCUT2D eigenvalue weighted by Crippen LogP contribution is -2.38. The van der Waals surface area contributed by atoms with E-state index in [1.165, 1.54) is 32.1 Å². The molecule has 1 aliphatic rings. The fourth-order valence-corrected chi connectivity index (χ4v) is 2.56. The van der Waals surface area contributed by atoms with E-state index in [1.54, 1.807) is 0 Å². The van der Waals surface area contributed by atoms with E-state index in [2.05, 4.69) is 5.32 Å². The van der Waals surface area contributed by atoms with E-state index in [0.717, 1.165) is 5.56 Å². The number of rotatable bonds is 7. The molecule has 1 aliphatic carbocycles. The Morgan fingerprint density at radius 1 is 1.16 bits per heavy atom. The van der Waals surface area contributed by atoms with Gasteiger partial charge in [-0.05, 0) is 18.4 Å². The zero-order valence-corrected chi connectivity index (χ0v) is 11.6. The van der Waals surface area contributed by atoms with Crippen LogP contribution in [0.1, 0.15) is 37.7 Å². The highest BCUT2D eigenvalue weighted by atomic mass is 16.5. The van der Waals surface area contributed by atoms with Crippen molar-refractivity contribution in [3.05, 3.63) is 35.9 Å². The molecule has 0 amide bonds. The van der Waals surface area contributed by atoms with Gasteiger partial charge in [-0.3, -0.25) is 0 Å². The molecular formula is C16H25NO2. The lowest BCUT2D eigenvalue weighted by atomic mass is 9.95. The summed E-state index contributed by atoms with van der Waals surface area (Å²) in [5.41, 5.74) is 1.15. The maximum absolute atomic E-state index is 9.87. The number of hydrogen-bond acceptors (Lipinski definition) is 3. The summed E-state index contributed by atoms with van der Waals surface area (Å²) in [6.07, 6.45) is 6.08. The van der Waals surface area contributed by atoms with Gasteiger partial charge in [0, 0.05) is 12.6 Å². The van der Waals surface area contributed by atoms with Gasteiger partial charge >= 0.3 is 0 Å². The first-order valence-corrected chi connectivity index (χ1v) is 7.38. The van der Waals surface area contributed by atoms with Crippen LogP contribution in [0.25, 0.3) is 0 Å². The minimum Gasteiger partial charge on any atom is -0.389 e.